The predicted molar refractivity (Wildman–Crippen MR) is 84.3 cm³/mol. The maximum absolute atomic E-state index is 11.9. The van der Waals surface area contributed by atoms with Gasteiger partial charge < -0.3 is 5.21 Å². The molecule has 1 rings (SSSR count). The Morgan fingerprint density at radius 2 is 1.89 bits per heavy atom. The van der Waals surface area contributed by atoms with Gasteiger partial charge in [0.25, 0.3) is 5.69 Å². The second-order valence-electron chi connectivity index (χ2n) is 4.05. The van der Waals surface area contributed by atoms with Crippen molar-refractivity contribution in [3.05, 3.63) is 32.4 Å². The van der Waals surface area contributed by atoms with Crippen molar-refractivity contribution in [1.82, 2.24) is 0 Å². The van der Waals surface area contributed by atoms with E-state index in [2.05, 4.69) is 28.0 Å². The number of rotatable bonds is 6. The lowest BCUT2D eigenvalue weighted by Crippen LogP contribution is -2.05. The first kappa shape index (κ1) is 17.0. The van der Waals surface area contributed by atoms with Crippen LogP contribution in [-0.2, 0) is 0 Å². The monoisotopic (exact) mass is 386 g/mol. The van der Waals surface area contributed by atoms with Crippen LogP contribution < -0.4 is 0 Å². The number of hydrogen-bond donors (Lipinski definition) is 0. The molecule has 106 valence electrons. The van der Waals surface area contributed by atoms with Gasteiger partial charge >= 0.3 is 0 Å². The molecule has 7 heteroatoms. The van der Waals surface area contributed by atoms with Gasteiger partial charge in [-0.2, -0.15) is 0 Å². The fourth-order valence-electron chi connectivity index (χ4n) is 1.47. The van der Waals surface area contributed by atoms with Crippen LogP contribution in [0.15, 0.2) is 17.2 Å². The van der Waals surface area contributed by atoms with E-state index in [4.69, 9.17) is 34.8 Å². The summed E-state index contributed by atoms with van der Waals surface area (Å²) in [5.74, 6) is 0. The molecule has 1 atom stereocenters. The Bertz CT molecular complexity index is 445. The molecule has 0 heterocycles. The standard InChI is InChI=1S/C12H14BrCl3N2O/c1-2-3-4-8(13)7-17-18(19)12-10(15)5-9(14)6-11(12)16/h5-6,8H,2-4,7H2,1H3. The Kier molecular flexibility index (Phi) is 7.44. The zero-order chi connectivity index (χ0) is 14.4. The van der Waals surface area contributed by atoms with Crippen LogP contribution >= 0.6 is 50.7 Å². The zero-order valence-corrected chi connectivity index (χ0v) is 14.2. The van der Waals surface area contributed by atoms with Gasteiger partial charge in [0.15, 0.2) is 0 Å². The molecule has 3 nitrogen and oxygen atoms in total. The van der Waals surface area contributed by atoms with Gasteiger partial charge in [-0.1, -0.05) is 75.4 Å². The largest absolute Gasteiger partial charge is 0.594 e. The first-order valence-electron chi connectivity index (χ1n) is 5.89. The molecule has 0 aliphatic rings. The summed E-state index contributed by atoms with van der Waals surface area (Å²) < 4.78 is 0. The normalized spacial score (nSPS) is 13.6. The van der Waals surface area contributed by atoms with Crippen LogP contribution in [0.3, 0.4) is 0 Å². The number of unbranched alkanes of at least 4 members (excludes halogenated alkanes) is 1. The molecule has 0 bridgehead atoms. The van der Waals surface area contributed by atoms with Crippen molar-refractivity contribution in [2.24, 2.45) is 5.11 Å². The summed E-state index contributed by atoms with van der Waals surface area (Å²) in [5, 5.41) is 16.6. The molecule has 0 amide bonds. The fourth-order valence-corrected chi connectivity index (χ4v) is 2.88. The molecule has 0 spiro atoms. The van der Waals surface area contributed by atoms with Crippen LogP contribution in [0.1, 0.15) is 26.2 Å². The molecular weight excluding hydrogens is 374 g/mol. The quantitative estimate of drug-likeness (QED) is 0.248. The molecule has 19 heavy (non-hydrogen) atoms. The Morgan fingerprint density at radius 1 is 1.32 bits per heavy atom. The van der Waals surface area contributed by atoms with Crippen LogP contribution in [-0.4, -0.2) is 16.2 Å². The summed E-state index contributed by atoms with van der Waals surface area (Å²) in [7, 11) is 0. The highest BCUT2D eigenvalue weighted by Crippen LogP contribution is 2.35. The van der Waals surface area contributed by atoms with Gasteiger partial charge in [0.1, 0.15) is 16.6 Å². The molecule has 0 radical (unpaired) electrons. The van der Waals surface area contributed by atoms with Crippen LogP contribution in [0, 0.1) is 5.21 Å². The lowest BCUT2D eigenvalue weighted by molar-refractivity contribution is -0.442. The highest BCUT2D eigenvalue weighted by atomic mass is 79.9. The third-order valence-corrected chi connectivity index (χ3v) is 3.99. The number of benzene rings is 1. The summed E-state index contributed by atoms with van der Waals surface area (Å²) in [6.07, 6.45) is 3.17. The molecule has 1 aromatic carbocycles. The maximum Gasteiger partial charge on any atom is 0.281 e. The Balaban J connectivity index is 2.80. The van der Waals surface area contributed by atoms with Gasteiger partial charge in [-0.05, 0) is 23.7 Å². The average molecular weight is 389 g/mol. The van der Waals surface area contributed by atoms with Crippen molar-refractivity contribution in [2.75, 3.05) is 6.54 Å². The van der Waals surface area contributed by atoms with Crippen LogP contribution in [0.4, 0.5) is 5.69 Å². The topological polar surface area (TPSA) is 38.4 Å². The number of alkyl halides is 1. The smallest absolute Gasteiger partial charge is 0.281 e. The summed E-state index contributed by atoms with van der Waals surface area (Å²) in [4.78, 5) is 0.634. The number of nitrogens with zero attached hydrogens (tertiary/aromatic N) is 2. The van der Waals surface area contributed by atoms with Gasteiger partial charge in [-0.3, -0.25) is 0 Å². The van der Waals surface area contributed by atoms with Crippen molar-refractivity contribution in [3.63, 3.8) is 0 Å². The van der Waals surface area contributed by atoms with Gasteiger partial charge in [-0.15, -0.1) is 0 Å². The molecule has 1 aromatic rings. The van der Waals surface area contributed by atoms with Gasteiger partial charge in [0.2, 0.25) is 0 Å². The van der Waals surface area contributed by atoms with Crippen LogP contribution in [0.5, 0.6) is 0 Å². The summed E-state index contributed by atoms with van der Waals surface area (Å²) in [5.41, 5.74) is 0.128. The minimum atomic E-state index is 0.128. The first-order chi connectivity index (χ1) is 8.95. The summed E-state index contributed by atoms with van der Waals surface area (Å²) >= 11 is 21.2. The van der Waals surface area contributed by atoms with E-state index >= 15 is 0 Å². The van der Waals surface area contributed by atoms with Crippen molar-refractivity contribution in [3.8, 4) is 0 Å². The molecule has 0 aliphatic heterocycles. The molecule has 0 saturated carbocycles. The van der Waals surface area contributed by atoms with Crippen molar-refractivity contribution in [1.29, 1.82) is 0 Å². The van der Waals surface area contributed by atoms with Crippen LogP contribution in [0.25, 0.3) is 0 Å². The number of azo groups is 1. The maximum atomic E-state index is 11.9. The lowest BCUT2D eigenvalue weighted by Gasteiger charge is -2.07. The van der Waals surface area contributed by atoms with Crippen molar-refractivity contribution < 1.29 is 4.86 Å². The minimum Gasteiger partial charge on any atom is -0.594 e. The van der Waals surface area contributed by atoms with Crippen LogP contribution in [0.2, 0.25) is 15.1 Å². The molecular formula is C12H14BrCl3N2O. The zero-order valence-electron chi connectivity index (χ0n) is 10.4. The van der Waals surface area contributed by atoms with E-state index < -0.39 is 0 Å². The van der Waals surface area contributed by atoms with E-state index in [0.29, 0.717) is 16.4 Å². The first-order valence-corrected chi connectivity index (χ1v) is 7.94. The molecule has 0 aliphatic carbocycles. The molecule has 0 aromatic heterocycles. The Labute approximate surface area is 136 Å². The van der Waals surface area contributed by atoms with Crippen molar-refractivity contribution in [2.45, 2.75) is 31.0 Å². The van der Waals surface area contributed by atoms with E-state index in [1.54, 1.807) is 0 Å². The van der Waals surface area contributed by atoms with E-state index in [1.165, 1.54) is 12.1 Å². The molecule has 1 unspecified atom stereocenters. The Hall–Kier alpha value is -0.0300. The lowest BCUT2D eigenvalue weighted by atomic mass is 10.2. The minimum absolute atomic E-state index is 0.128. The fraction of sp³-hybridized carbons (Fsp3) is 0.500. The van der Waals surface area contributed by atoms with Gasteiger partial charge in [-0.25, -0.2) is 0 Å². The van der Waals surface area contributed by atoms with Gasteiger partial charge in [0.05, 0.1) is 0 Å². The number of hydrogen-bond acceptors (Lipinski definition) is 2. The Morgan fingerprint density at radius 3 is 2.42 bits per heavy atom. The molecule has 0 saturated heterocycles. The second-order valence-corrected chi connectivity index (χ2v) is 6.60. The van der Waals surface area contributed by atoms with E-state index in [1.807, 2.05) is 0 Å². The third kappa shape index (κ3) is 5.46. The predicted octanol–water partition coefficient (Wildman–Crippen LogP) is 6.19. The van der Waals surface area contributed by atoms with Crippen molar-refractivity contribution >= 4 is 56.4 Å². The SMILES string of the molecule is CCCCC(Br)CN=[N+]([O-])c1c(Cl)cc(Cl)cc1Cl. The molecule has 0 N–H and O–H groups in total. The average Bonchev–Trinajstić information content (AvgIpc) is 2.32. The van der Waals surface area contributed by atoms with E-state index in [9.17, 15) is 5.21 Å². The highest BCUT2D eigenvalue weighted by Gasteiger charge is 2.17. The number of halogens is 4. The highest BCUT2D eigenvalue weighted by molar-refractivity contribution is 9.09. The van der Waals surface area contributed by atoms with E-state index in [0.717, 1.165) is 19.3 Å². The van der Waals surface area contributed by atoms with Gasteiger partial charge in [0, 0.05) is 9.85 Å². The third-order valence-electron chi connectivity index (χ3n) is 2.45. The van der Waals surface area contributed by atoms with E-state index in [-0.39, 0.29) is 20.6 Å². The second kappa shape index (κ2) is 8.30. The summed E-state index contributed by atoms with van der Waals surface area (Å²) in [6, 6.07) is 2.93. The summed E-state index contributed by atoms with van der Waals surface area (Å²) in [6.45, 7) is 2.49. The molecule has 0 fully saturated rings.